The first kappa shape index (κ1) is 16.4. The Morgan fingerprint density at radius 1 is 1.42 bits per heavy atom. The van der Waals surface area contributed by atoms with Crippen molar-refractivity contribution in [3.05, 3.63) is 41.5 Å². The van der Waals surface area contributed by atoms with E-state index in [4.69, 9.17) is 9.26 Å². The van der Waals surface area contributed by atoms with E-state index in [1.54, 1.807) is 24.3 Å². The number of nitrogens with one attached hydrogen (secondary N) is 1. The van der Waals surface area contributed by atoms with Crippen molar-refractivity contribution in [2.45, 2.75) is 32.9 Å². The minimum absolute atomic E-state index is 0.0562. The molecule has 24 heavy (non-hydrogen) atoms. The summed E-state index contributed by atoms with van der Waals surface area (Å²) in [7, 11) is 0. The highest BCUT2D eigenvalue weighted by Crippen LogP contribution is 2.16. The third-order valence-corrected chi connectivity index (χ3v) is 3.94. The standard InChI is InChI=1S/C17H22N4O3/c1-3-16-19-15(20-24-16)11-23-14-6-4-13(5-7-14)17(22)21-9-8-18-12(2)10-21/h4-7,12,18H,3,8-11H2,1-2H3/t12-/m0/s1. The fraction of sp³-hybridized carbons (Fsp3) is 0.471. The van der Waals surface area contributed by atoms with E-state index in [9.17, 15) is 4.79 Å². The average molecular weight is 330 g/mol. The molecule has 1 atom stereocenters. The molecule has 0 spiro atoms. The molecule has 1 aliphatic heterocycles. The molecule has 2 aromatic rings. The zero-order chi connectivity index (χ0) is 16.9. The van der Waals surface area contributed by atoms with E-state index in [0.717, 1.165) is 19.6 Å². The Morgan fingerprint density at radius 2 is 2.21 bits per heavy atom. The summed E-state index contributed by atoms with van der Waals surface area (Å²) >= 11 is 0. The molecule has 3 rings (SSSR count). The number of hydrogen-bond acceptors (Lipinski definition) is 6. The Hall–Kier alpha value is -2.41. The summed E-state index contributed by atoms with van der Waals surface area (Å²) in [6.45, 7) is 6.57. The Morgan fingerprint density at radius 3 is 2.88 bits per heavy atom. The zero-order valence-electron chi connectivity index (χ0n) is 14.0. The normalized spacial score (nSPS) is 17.8. The monoisotopic (exact) mass is 330 g/mol. The highest BCUT2D eigenvalue weighted by atomic mass is 16.5. The molecule has 1 amide bonds. The summed E-state index contributed by atoms with van der Waals surface area (Å²) in [6, 6.07) is 7.49. The van der Waals surface area contributed by atoms with Crippen molar-refractivity contribution >= 4 is 5.91 Å². The lowest BCUT2D eigenvalue weighted by molar-refractivity contribution is 0.0709. The Labute approximate surface area is 141 Å². The maximum atomic E-state index is 12.5. The van der Waals surface area contributed by atoms with Crippen LogP contribution in [-0.4, -0.2) is 46.6 Å². The second-order valence-corrected chi connectivity index (χ2v) is 5.88. The van der Waals surface area contributed by atoms with Crippen LogP contribution in [0.1, 0.15) is 35.9 Å². The Kier molecular flexibility index (Phi) is 5.10. The van der Waals surface area contributed by atoms with Gasteiger partial charge in [-0.2, -0.15) is 4.98 Å². The van der Waals surface area contributed by atoms with Gasteiger partial charge >= 0.3 is 0 Å². The number of carbonyl (C=O) groups is 1. The molecule has 1 N–H and O–H groups in total. The maximum absolute atomic E-state index is 12.5. The van der Waals surface area contributed by atoms with Crippen LogP contribution in [0.15, 0.2) is 28.8 Å². The number of carbonyl (C=O) groups excluding carboxylic acids is 1. The third kappa shape index (κ3) is 3.91. The van der Waals surface area contributed by atoms with Crippen molar-refractivity contribution in [1.29, 1.82) is 0 Å². The molecule has 1 fully saturated rings. The number of benzene rings is 1. The number of aromatic nitrogens is 2. The van der Waals surface area contributed by atoms with E-state index in [0.29, 0.717) is 35.5 Å². The van der Waals surface area contributed by atoms with Crippen LogP contribution >= 0.6 is 0 Å². The third-order valence-electron chi connectivity index (χ3n) is 3.94. The van der Waals surface area contributed by atoms with Crippen LogP contribution in [0, 0.1) is 0 Å². The van der Waals surface area contributed by atoms with Crippen molar-refractivity contribution in [1.82, 2.24) is 20.4 Å². The van der Waals surface area contributed by atoms with Gasteiger partial charge in [0.05, 0.1) is 0 Å². The van der Waals surface area contributed by atoms with Crippen LogP contribution < -0.4 is 10.1 Å². The lowest BCUT2D eigenvalue weighted by atomic mass is 10.1. The first-order valence-electron chi connectivity index (χ1n) is 8.22. The predicted octanol–water partition coefficient (Wildman–Crippen LogP) is 1.64. The summed E-state index contributed by atoms with van der Waals surface area (Å²) in [5.41, 5.74) is 0.671. The van der Waals surface area contributed by atoms with E-state index in [-0.39, 0.29) is 12.5 Å². The Balaban J connectivity index is 1.57. The van der Waals surface area contributed by atoms with Gasteiger partial charge in [0.25, 0.3) is 5.91 Å². The molecule has 128 valence electrons. The SMILES string of the molecule is CCc1nc(COc2ccc(C(=O)N3CCN[C@@H](C)C3)cc2)no1. The van der Waals surface area contributed by atoms with Gasteiger partial charge in [-0.1, -0.05) is 12.1 Å². The molecule has 7 heteroatoms. The summed E-state index contributed by atoms with van der Waals surface area (Å²) < 4.78 is 10.7. The number of rotatable bonds is 5. The molecule has 1 saturated heterocycles. The molecule has 7 nitrogen and oxygen atoms in total. The predicted molar refractivity (Wildman–Crippen MR) is 87.8 cm³/mol. The number of nitrogens with zero attached hydrogens (tertiary/aromatic N) is 3. The van der Waals surface area contributed by atoms with Crippen molar-refractivity contribution in [3.8, 4) is 5.75 Å². The van der Waals surface area contributed by atoms with Crippen molar-refractivity contribution in [3.63, 3.8) is 0 Å². The second kappa shape index (κ2) is 7.44. The van der Waals surface area contributed by atoms with Crippen molar-refractivity contribution in [2.24, 2.45) is 0 Å². The fourth-order valence-electron chi connectivity index (χ4n) is 2.63. The molecular formula is C17H22N4O3. The van der Waals surface area contributed by atoms with E-state index in [2.05, 4.69) is 22.4 Å². The van der Waals surface area contributed by atoms with Gasteiger partial charge in [0.15, 0.2) is 6.61 Å². The van der Waals surface area contributed by atoms with Crippen molar-refractivity contribution in [2.75, 3.05) is 19.6 Å². The number of aryl methyl sites for hydroxylation is 1. The van der Waals surface area contributed by atoms with Gasteiger partial charge in [0, 0.05) is 37.7 Å². The van der Waals surface area contributed by atoms with Crippen molar-refractivity contribution < 1.29 is 14.1 Å². The van der Waals surface area contributed by atoms with Gasteiger partial charge < -0.3 is 19.5 Å². The second-order valence-electron chi connectivity index (χ2n) is 5.88. The van der Waals surface area contributed by atoms with E-state index >= 15 is 0 Å². The van der Waals surface area contributed by atoms with E-state index < -0.39 is 0 Å². The number of hydrogen-bond donors (Lipinski definition) is 1. The van der Waals surface area contributed by atoms with Gasteiger partial charge in [-0.3, -0.25) is 4.79 Å². The van der Waals surface area contributed by atoms with Crippen LogP contribution in [0.5, 0.6) is 5.75 Å². The largest absolute Gasteiger partial charge is 0.485 e. The number of amides is 1. The molecule has 1 aromatic heterocycles. The van der Waals surface area contributed by atoms with Gasteiger partial charge in [-0.25, -0.2) is 0 Å². The van der Waals surface area contributed by atoms with Crippen LogP contribution in [-0.2, 0) is 13.0 Å². The van der Waals surface area contributed by atoms with Gasteiger partial charge in [-0.15, -0.1) is 0 Å². The van der Waals surface area contributed by atoms with E-state index in [1.165, 1.54) is 0 Å². The Bertz CT molecular complexity index is 683. The topological polar surface area (TPSA) is 80.5 Å². The van der Waals surface area contributed by atoms with Gasteiger partial charge in [0.1, 0.15) is 5.75 Å². The summed E-state index contributed by atoms with van der Waals surface area (Å²) in [5, 5.41) is 7.17. The highest BCUT2D eigenvalue weighted by Gasteiger charge is 2.21. The molecule has 0 radical (unpaired) electrons. The van der Waals surface area contributed by atoms with Crippen LogP contribution in [0.3, 0.4) is 0 Å². The molecule has 2 heterocycles. The molecule has 0 aliphatic carbocycles. The summed E-state index contributed by atoms with van der Waals surface area (Å²) in [4.78, 5) is 18.6. The smallest absolute Gasteiger partial charge is 0.253 e. The lowest BCUT2D eigenvalue weighted by Gasteiger charge is -2.32. The van der Waals surface area contributed by atoms with Crippen LogP contribution in [0.4, 0.5) is 0 Å². The zero-order valence-corrected chi connectivity index (χ0v) is 14.0. The molecule has 0 bridgehead atoms. The summed E-state index contributed by atoms with van der Waals surface area (Å²) in [5.74, 6) is 1.84. The minimum atomic E-state index is 0.0562. The molecule has 1 aliphatic rings. The maximum Gasteiger partial charge on any atom is 0.253 e. The summed E-state index contributed by atoms with van der Waals surface area (Å²) in [6.07, 6.45) is 0.703. The first-order valence-corrected chi connectivity index (χ1v) is 8.22. The van der Waals surface area contributed by atoms with Gasteiger partial charge in [-0.05, 0) is 31.2 Å². The molecule has 1 aromatic carbocycles. The quantitative estimate of drug-likeness (QED) is 0.898. The average Bonchev–Trinajstić information content (AvgIpc) is 3.08. The number of ether oxygens (including phenoxy) is 1. The first-order chi connectivity index (χ1) is 11.7. The van der Waals surface area contributed by atoms with Crippen LogP contribution in [0.2, 0.25) is 0 Å². The van der Waals surface area contributed by atoms with Crippen LogP contribution in [0.25, 0.3) is 0 Å². The van der Waals surface area contributed by atoms with E-state index in [1.807, 2.05) is 11.8 Å². The number of piperazine rings is 1. The molecule has 0 saturated carbocycles. The lowest BCUT2D eigenvalue weighted by Crippen LogP contribution is -2.51. The van der Waals surface area contributed by atoms with Gasteiger partial charge in [0.2, 0.25) is 11.7 Å². The highest BCUT2D eigenvalue weighted by molar-refractivity contribution is 5.94. The molecule has 0 unspecified atom stereocenters. The molecular weight excluding hydrogens is 308 g/mol. The fourth-order valence-corrected chi connectivity index (χ4v) is 2.63. The minimum Gasteiger partial charge on any atom is -0.485 e.